The molecule has 0 aliphatic heterocycles. The molecule has 1 amide bonds. The molecule has 0 fully saturated rings. The predicted octanol–water partition coefficient (Wildman–Crippen LogP) is 5.34. The molecule has 4 rings (SSSR count). The lowest BCUT2D eigenvalue weighted by molar-refractivity contribution is 0.0985. The topological polar surface area (TPSA) is 82.6 Å². The highest BCUT2D eigenvalue weighted by molar-refractivity contribution is 7.92. The summed E-state index contributed by atoms with van der Waals surface area (Å²) < 4.78 is 28.8. The van der Waals surface area contributed by atoms with Crippen molar-refractivity contribution in [3.63, 3.8) is 0 Å². The number of carbonyl (C=O) groups excluding carboxylic acids is 1. The van der Waals surface area contributed by atoms with Crippen LogP contribution in [-0.2, 0) is 10.0 Å². The van der Waals surface area contributed by atoms with Crippen molar-refractivity contribution in [1.29, 1.82) is 0 Å². The van der Waals surface area contributed by atoms with Crippen molar-refractivity contribution < 1.29 is 13.2 Å². The number of thiazole rings is 1. The van der Waals surface area contributed by atoms with Crippen LogP contribution in [0.4, 0.5) is 10.8 Å². The van der Waals surface area contributed by atoms with Gasteiger partial charge >= 0.3 is 0 Å². The molecule has 0 aliphatic carbocycles. The Morgan fingerprint density at radius 2 is 1.58 bits per heavy atom. The van der Waals surface area contributed by atoms with E-state index in [2.05, 4.69) is 24.6 Å². The minimum absolute atomic E-state index is 0. The van der Waals surface area contributed by atoms with Gasteiger partial charge in [0.05, 0.1) is 15.1 Å². The molecule has 0 unspecified atom stereocenters. The van der Waals surface area contributed by atoms with Gasteiger partial charge < -0.3 is 4.90 Å². The summed E-state index contributed by atoms with van der Waals surface area (Å²) >= 11 is 1.50. The van der Waals surface area contributed by atoms with Crippen LogP contribution in [0.3, 0.4) is 0 Å². The highest BCUT2D eigenvalue weighted by Crippen LogP contribution is 2.31. The minimum Gasteiger partial charge on any atom is -0.308 e. The molecule has 10 heteroatoms. The Labute approximate surface area is 222 Å². The minimum atomic E-state index is -3.71. The maximum atomic E-state index is 13.5. The largest absolute Gasteiger partial charge is 0.308 e. The second kappa shape index (κ2) is 11.4. The van der Waals surface area contributed by atoms with E-state index in [1.165, 1.54) is 29.0 Å². The SMILES string of the molecule is Cc1cc2nc(N(CCN(C)C)C(=O)c3ccc(NS(=O)(=O)c4ccccc4)cc3)sc2cc1C.Cl. The van der Waals surface area contributed by atoms with Crippen molar-refractivity contribution in [1.82, 2.24) is 9.88 Å². The molecule has 0 radical (unpaired) electrons. The van der Waals surface area contributed by atoms with E-state index in [4.69, 9.17) is 4.98 Å². The fourth-order valence-electron chi connectivity index (χ4n) is 3.52. The Hall–Kier alpha value is -2.98. The number of halogens is 1. The molecule has 0 bridgehead atoms. The number of hydrogen-bond acceptors (Lipinski definition) is 6. The number of fused-ring (bicyclic) bond motifs is 1. The van der Waals surface area contributed by atoms with Crippen molar-refractivity contribution in [3.05, 3.63) is 83.4 Å². The summed E-state index contributed by atoms with van der Waals surface area (Å²) in [6, 6.07) is 18.8. The van der Waals surface area contributed by atoms with Crippen LogP contribution in [0.15, 0.2) is 71.6 Å². The first kappa shape index (κ1) is 27.6. The summed E-state index contributed by atoms with van der Waals surface area (Å²) in [6.45, 7) is 5.27. The lowest BCUT2D eigenvalue weighted by atomic mass is 10.1. The Kier molecular flexibility index (Phi) is 8.73. The standard InChI is InChI=1S/C26H28N4O3S2.ClH/c1-18-16-23-24(17-19(18)2)34-26(27-23)30(15-14-29(3)4)25(31)20-10-12-21(13-11-20)28-35(32,33)22-8-6-5-7-9-22;/h5-13,16-17,28H,14-15H2,1-4H3;1H. The first-order valence-corrected chi connectivity index (χ1v) is 13.5. The normalized spacial score (nSPS) is 11.4. The summed E-state index contributed by atoms with van der Waals surface area (Å²) in [5, 5.41) is 0.644. The molecule has 4 aromatic rings. The highest BCUT2D eigenvalue weighted by Gasteiger charge is 2.22. The van der Waals surface area contributed by atoms with Gasteiger partial charge in [0.15, 0.2) is 5.13 Å². The second-order valence-electron chi connectivity index (χ2n) is 8.66. The van der Waals surface area contributed by atoms with Crippen LogP contribution < -0.4 is 9.62 Å². The summed E-state index contributed by atoms with van der Waals surface area (Å²) in [5.41, 5.74) is 4.07. The predicted molar refractivity (Wildman–Crippen MR) is 150 cm³/mol. The number of likely N-dealkylation sites (N-methyl/N-ethyl adjacent to an activating group) is 1. The molecule has 36 heavy (non-hydrogen) atoms. The number of aromatic nitrogens is 1. The molecule has 7 nitrogen and oxygen atoms in total. The van der Waals surface area contributed by atoms with Crippen LogP contribution >= 0.6 is 23.7 Å². The summed E-state index contributed by atoms with van der Waals surface area (Å²) in [7, 11) is 0.214. The molecular formula is C26H29ClN4O3S2. The number of benzene rings is 3. The van der Waals surface area contributed by atoms with Crippen LogP contribution in [0.2, 0.25) is 0 Å². The lowest BCUT2D eigenvalue weighted by Gasteiger charge is -2.22. The van der Waals surface area contributed by atoms with Crippen LogP contribution in [0, 0.1) is 13.8 Å². The van der Waals surface area contributed by atoms with Crippen molar-refractivity contribution in [2.75, 3.05) is 36.8 Å². The molecule has 0 aliphatic rings. The first-order valence-electron chi connectivity index (χ1n) is 11.2. The van der Waals surface area contributed by atoms with Crippen LogP contribution in [0.1, 0.15) is 21.5 Å². The van der Waals surface area contributed by atoms with Crippen molar-refractivity contribution >= 4 is 60.7 Å². The molecule has 190 valence electrons. The smallest absolute Gasteiger partial charge is 0.261 e. The van der Waals surface area contributed by atoms with Gasteiger partial charge in [0.1, 0.15) is 0 Å². The van der Waals surface area contributed by atoms with Crippen molar-refractivity contribution in [2.24, 2.45) is 0 Å². The van der Waals surface area contributed by atoms with Gasteiger partial charge in [-0.2, -0.15) is 0 Å². The average Bonchev–Trinajstić information content (AvgIpc) is 3.22. The Bertz CT molecular complexity index is 1420. The van der Waals surface area contributed by atoms with Gasteiger partial charge in [0, 0.05) is 24.3 Å². The average molecular weight is 545 g/mol. The molecule has 0 saturated heterocycles. The third-order valence-corrected chi connectivity index (χ3v) is 8.12. The van der Waals surface area contributed by atoms with Crippen LogP contribution in [-0.4, -0.2) is 51.4 Å². The van der Waals surface area contributed by atoms with E-state index in [0.717, 1.165) is 15.8 Å². The summed E-state index contributed by atoms with van der Waals surface area (Å²) in [5.74, 6) is -0.184. The number of carbonyl (C=O) groups is 1. The zero-order valence-corrected chi connectivity index (χ0v) is 23.0. The third-order valence-electron chi connectivity index (χ3n) is 5.68. The molecule has 1 aromatic heterocycles. The van der Waals surface area contributed by atoms with Crippen LogP contribution in [0.25, 0.3) is 10.2 Å². The molecule has 3 aromatic carbocycles. The zero-order chi connectivity index (χ0) is 25.2. The van der Waals surface area contributed by atoms with Crippen molar-refractivity contribution in [2.45, 2.75) is 18.7 Å². The van der Waals surface area contributed by atoms with Gasteiger partial charge in [0.25, 0.3) is 15.9 Å². The number of nitrogens with zero attached hydrogens (tertiary/aromatic N) is 3. The zero-order valence-electron chi connectivity index (χ0n) is 20.6. The van der Waals surface area contributed by atoms with Gasteiger partial charge in [-0.15, -0.1) is 12.4 Å². The number of hydrogen-bond donors (Lipinski definition) is 1. The van der Waals surface area contributed by atoms with Gasteiger partial charge in [-0.1, -0.05) is 29.5 Å². The second-order valence-corrected chi connectivity index (χ2v) is 11.3. The maximum Gasteiger partial charge on any atom is 0.261 e. The Morgan fingerprint density at radius 3 is 2.22 bits per heavy atom. The van der Waals surface area contributed by atoms with Gasteiger partial charge in [-0.25, -0.2) is 13.4 Å². The number of rotatable bonds is 8. The fourth-order valence-corrected chi connectivity index (χ4v) is 5.67. The van der Waals surface area contributed by atoms with E-state index in [-0.39, 0.29) is 23.2 Å². The highest BCUT2D eigenvalue weighted by atomic mass is 35.5. The maximum absolute atomic E-state index is 13.5. The quantitative estimate of drug-likeness (QED) is 0.323. The Balaban J connectivity index is 0.00000361. The van der Waals surface area contributed by atoms with E-state index >= 15 is 0 Å². The summed E-state index contributed by atoms with van der Waals surface area (Å²) in [6.07, 6.45) is 0. The first-order chi connectivity index (χ1) is 16.6. The number of nitrogens with one attached hydrogen (secondary N) is 1. The molecule has 0 saturated carbocycles. The number of sulfonamides is 1. The van der Waals surface area contributed by atoms with E-state index in [9.17, 15) is 13.2 Å². The van der Waals surface area contributed by atoms with E-state index in [0.29, 0.717) is 29.5 Å². The van der Waals surface area contributed by atoms with Gasteiger partial charge in [-0.05, 0) is 87.6 Å². The van der Waals surface area contributed by atoms with E-state index in [1.807, 2.05) is 25.1 Å². The molecule has 0 spiro atoms. The summed E-state index contributed by atoms with van der Waals surface area (Å²) in [4.78, 5) is 22.2. The molecular weight excluding hydrogens is 516 g/mol. The molecule has 0 atom stereocenters. The van der Waals surface area contributed by atoms with E-state index in [1.54, 1.807) is 47.4 Å². The molecule has 1 heterocycles. The van der Waals surface area contributed by atoms with Gasteiger partial charge in [0.2, 0.25) is 0 Å². The Morgan fingerprint density at radius 1 is 0.944 bits per heavy atom. The van der Waals surface area contributed by atoms with Crippen molar-refractivity contribution in [3.8, 4) is 0 Å². The number of amides is 1. The van der Waals surface area contributed by atoms with Gasteiger partial charge in [-0.3, -0.25) is 14.4 Å². The third kappa shape index (κ3) is 6.22. The monoisotopic (exact) mass is 544 g/mol. The van der Waals surface area contributed by atoms with E-state index < -0.39 is 10.0 Å². The lowest BCUT2D eigenvalue weighted by Crippen LogP contribution is -2.36. The van der Waals surface area contributed by atoms with Crippen LogP contribution in [0.5, 0.6) is 0 Å². The molecule has 1 N–H and O–H groups in total. The number of anilines is 2. The fraction of sp³-hybridized carbons (Fsp3) is 0.231. The number of aryl methyl sites for hydroxylation is 2.